The van der Waals surface area contributed by atoms with Crippen LogP contribution in [-0.4, -0.2) is 10.1 Å². The third-order valence-corrected chi connectivity index (χ3v) is 3.94. The monoisotopic (exact) mass is 328 g/mol. The van der Waals surface area contributed by atoms with Gasteiger partial charge in [0.2, 0.25) is 5.82 Å². The van der Waals surface area contributed by atoms with Crippen LogP contribution >= 0.6 is 11.6 Å². The molecule has 4 nitrogen and oxygen atoms in total. The Morgan fingerprint density at radius 2 is 1.78 bits per heavy atom. The molecule has 3 rings (SSSR count). The summed E-state index contributed by atoms with van der Waals surface area (Å²) in [7, 11) is 0. The third kappa shape index (κ3) is 3.54. The molecule has 0 bridgehead atoms. The van der Waals surface area contributed by atoms with Crippen LogP contribution in [0.25, 0.3) is 11.4 Å². The summed E-state index contributed by atoms with van der Waals surface area (Å²) in [6, 6.07) is 13.3. The molecule has 1 aromatic heterocycles. The first-order valence-electron chi connectivity index (χ1n) is 7.36. The van der Waals surface area contributed by atoms with Crippen molar-refractivity contribution < 1.29 is 9.26 Å². The Bertz CT molecular complexity index is 812. The van der Waals surface area contributed by atoms with Crippen LogP contribution in [0.2, 0.25) is 5.02 Å². The van der Waals surface area contributed by atoms with E-state index in [0.29, 0.717) is 16.7 Å². The summed E-state index contributed by atoms with van der Waals surface area (Å²) >= 11 is 5.88. The van der Waals surface area contributed by atoms with Crippen molar-refractivity contribution in [3.05, 3.63) is 64.5 Å². The van der Waals surface area contributed by atoms with Crippen molar-refractivity contribution in [2.75, 3.05) is 0 Å². The fourth-order valence-electron chi connectivity index (χ4n) is 2.16. The zero-order valence-electron chi connectivity index (χ0n) is 13.2. The fraction of sp³-hybridized carbons (Fsp3) is 0.222. The molecule has 0 radical (unpaired) electrons. The first-order chi connectivity index (χ1) is 11.0. The van der Waals surface area contributed by atoms with Gasteiger partial charge >= 0.3 is 0 Å². The van der Waals surface area contributed by atoms with Crippen LogP contribution in [-0.2, 0) is 0 Å². The zero-order chi connectivity index (χ0) is 16.4. The molecule has 23 heavy (non-hydrogen) atoms. The number of aryl methyl sites for hydroxylation is 2. The van der Waals surface area contributed by atoms with E-state index in [9.17, 15) is 0 Å². The highest BCUT2D eigenvalue weighted by atomic mass is 35.5. The smallest absolute Gasteiger partial charge is 0.267 e. The average molecular weight is 329 g/mol. The van der Waals surface area contributed by atoms with Crippen molar-refractivity contribution >= 4 is 11.6 Å². The van der Waals surface area contributed by atoms with Gasteiger partial charge in [0.25, 0.3) is 5.89 Å². The lowest BCUT2D eigenvalue weighted by Gasteiger charge is -2.12. The second kappa shape index (κ2) is 6.42. The van der Waals surface area contributed by atoms with E-state index in [0.717, 1.165) is 11.3 Å². The second-order valence-corrected chi connectivity index (χ2v) is 5.91. The summed E-state index contributed by atoms with van der Waals surface area (Å²) < 4.78 is 11.2. The maximum atomic E-state index is 5.89. The SMILES string of the molecule is Cc1ccc(OC(C)c2nc(-c3ccc(Cl)cc3)no2)cc1C. The van der Waals surface area contributed by atoms with Crippen molar-refractivity contribution in [1.29, 1.82) is 0 Å². The Kier molecular flexibility index (Phi) is 4.35. The number of benzene rings is 2. The van der Waals surface area contributed by atoms with E-state index in [-0.39, 0.29) is 6.10 Å². The topological polar surface area (TPSA) is 48.2 Å². The number of halogens is 1. The highest BCUT2D eigenvalue weighted by Crippen LogP contribution is 2.25. The molecule has 0 saturated carbocycles. The highest BCUT2D eigenvalue weighted by Gasteiger charge is 2.17. The van der Waals surface area contributed by atoms with Gasteiger partial charge in [-0.3, -0.25) is 0 Å². The predicted molar refractivity (Wildman–Crippen MR) is 89.7 cm³/mol. The number of hydrogen-bond donors (Lipinski definition) is 0. The molecule has 1 unspecified atom stereocenters. The van der Waals surface area contributed by atoms with Crippen LogP contribution in [0.15, 0.2) is 47.0 Å². The number of rotatable bonds is 4. The fourth-order valence-corrected chi connectivity index (χ4v) is 2.28. The standard InChI is InChI=1S/C18H17ClN2O2/c1-11-4-9-16(10-12(11)2)22-13(3)18-20-17(21-23-18)14-5-7-15(19)8-6-14/h4-10,13H,1-3H3. The molecule has 5 heteroatoms. The maximum Gasteiger partial charge on any atom is 0.267 e. The minimum Gasteiger partial charge on any atom is -0.481 e. The normalized spacial score (nSPS) is 12.2. The molecule has 0 fully saturated rings. The van der Waals surface area contributed by atoms with Gasteiger partial charge in [-0.1, -0.05) is 22.8 Å². The Balaban J connectivity index is 1.76. The molecule has 1 atom stereocenters. The lowest BCUT2D eigenvalue weighted by Crippen LogP contribution is -2.03. The maximum absolute atomic E-state index is 5.89. The molecule has 0 aliphatic heterocycles. The summed E-state index contributed by atoms with van der Waals surface area (Å²) in [4.78, 5) is 4.40. The molecule has 118 valence electrons. The first-order valence-corrected chi connectivity index (χ1v) is 7.74. The predicted octanol–water partition coefficient (Wildman–Crippen LogP) is 5.15. The Morgan fingerprint density at radius 3 is 2.48 bits per heavy atom. The lowest BCUT2D eigenvalue weighted by atomic mass is 10.1. The van der Waals surface area contributed by atoms with E-state index >= 15 is 0 Å². The van der Waals surface area contributed by atoms with E-state index in [1.807, 2.05) is 37.3 Å². The zero-order valence-corrected chi connectivity index (χ0v) is 14.0. The van der Waals surface area contributed by atoms with E-state index in [2.05, 4.69) is 24.0 Å². The van der Waals surface area contributed by atoms with Gasteiger partial charge in [0.05, 0.1) is 0 Å². The van der Waals surface area contributed by atoms with Crippen LogP contribution in [0, 0.1) is 13.8 Å². The molecule has 3 aromatic rings. The summed E-state index contributed by atoms with van der Waals surface area (Å²) in [6.07, 6.45) is -0.328. The van der Waals surface area contributed by atoms with Crippen molar-refractivity contribution in [3.8, 4) is 17.1 Å². The van der Waals surface area contributed by atoms with Crippen LogP contribution < -0.4 is 4.74 Å². The molecule has 0 aliphatic rings. The van der Waals surface area contributed by atoms with Gasteiger partial charge in [-0.2, -0.15) is 4.98 Å². The van der Waals surface area contributed by atoms with Gasteiger partial charge in [-0.15, -0.1) is 0 Å². The molecule has 2 aromatic carbocycles. The number of hydrogen-bond acceptors (Lipinski definition) is 4. The molecule has 1 heterocycles. The number of nitrogens with zero attached hydrogens (tertiary/aromatic N) is 2. The van der Waals surface area contributed by atoms with E-state index in [1.54, 1.807) is 12.1 Å². The van der Waals surface area contributed by atoms with Crippen LogP contribution in [0.4, 0.5) is 0 Å². The average Bonchev–Trinajstić information content (AvgIpc) is 3.02. The molecule has 0 aliphatic carbocycles. The molecule has 0 saturated heterocycles. The summed E-state index contributed by atoms with van der Waals surface area (Å²) in [6.45, 7) is 6.01. The lowest BCUT2D eigenvalue weighted by molar-refractivity contribution is 0.175. The summed E-state index contributed by atoms with van der Waals surface area (Å²) in [5.74, 6) is 1.74. The summed E-state index contributed by atoms with van der Waals surface area (Å²) in [5.41, 5.74) is 3.26. The van der Waals surface area contributed by atoms with Crippen LogP contribution in [0.5, 0.6) is 5.75 Å². The summed E-state index contributed by atoms with van der Waals surface area (Å²) in [5, 5.41) is 4.67. The Hall–Kier alpha value is -2.33. The Morgan fingerprint density at radius 1 is 1.04 bits per heavy atom. The molecule has 0 amide bonds. The van der Waals surface area contributed by atoms with Crippen LogP contribution in [0.3, 0.4) is 0 Å². The minimum absolute atomic E-state index is 0.328. The van der Waals surface area contributed by atoms with Gasteiger partial charge in [0, 0.05) is 10.6 Å². The molecular weight excluding hydrogens is 312 g/mol. The Labute approximate surface area is 140 Å². The van der Waals surface area contributed by atoms with Crippen molar-refractivity contribution in [2.45, 2.75) is 26.9 Å². The molecule has 0 N–H and O–H groups in total. The van der Waals surface area contributed by atoms with Crippen molar-refractivity contribution in [1.82, 2.24) is 10.1 Å². The van der Waals surface area contributed by atoms with Gasteiger partial charge < -0.3 is 9.26 Å². The van der Waals surface area contributed by atoms with Crippen LogP contribution in [0.1, 0.15) is 30.0 Å². The highest BCUT2D eigenvalue weighted by molar-refractivity contribution is 6.30. The third-order valence-electron chi connectivity index (χ3n) is 3.68. The second-order valence-electron chi connectivity index (χ2n) is 5.47. The van der Waals surface area contributed by atoms with Crippen molar-refractivity contribution in [2.24, 2.45) is 0 Å². The van der Waals surface area contributed by atoms with Gasteiger partial charge in [-0.05, 0) is 68.3 Å². The quantitative estimate of drug-likeness (QED) is 0.664. The van der Waals surface area contributed by atoms with Gasteiger partial charge in [0.1, 0.15) is 5.75 Å². The number of ether oxygens (including phenoxy) is 1. The minimum atomic E-state index is -0.328. The number of aromatic nitrogens is 2. The first kappa shape index (κ1) is 15.6. The van der Waals surface area contributed by atoms with E-state index < -0.39 is 0 Å². The largest absolute Gasteiger partial charge is 0.481 e. The van der Waals surface area contributed by atoms with Gasteiger partial charge in [0.15, 0.2) is 6.10 Å². The molecular formula is C18H17ClN2O2. The van der Waals surface area contributed by atoms with E-state index in [1.165, 1.54) is 11.1 Å². The van der Waals surface area contributed by atoms with Crippen molar-refractivity contribution in [3.63, 3.8) is 0 Å². The van der Waals surface area contributed by atoms with E-state index in [4.69, 9.17) is 20.9 Å². The molecule has 0 spiro atoms. The van der Waals surface area contributed by atoms with Gasteiger partial charge in [-0.25, -0.2) is 0 Å².